The molecule has 0 bridgehead atoms. The van der Waals surface area contributed by atoms with E-state index in [1.807, 2.05) is 0 Å². The Morgan fingerprint density at radius 2 is 1.62 bits per heavy atom. The van der Waals surface area contributed by atoms with Gasteiger partial charge in [-0.2, -0.15) is 0 Å². The average Bonchev–Trinajstić information content (AvgIpc) is 3.33. The van der Waals surface area contributed by atoms with Gasteiger partial charge in [0.1, 0.15) is 10.7 Å². The molecule has 1 saturated carbocycles. The molecule has 2 amide bonds. The highest BCUT2D eigenvalue weighted by Crippen LogP contribution is 2.21. The van der Waals surface area contributed by atoms with Crippen LogP contribution >= 0.6 is 0 Å². The predicted octanol–water partition coefficient (Wildman–Crippen LogP) is 2.91. The van der Waals surface area contributed by atoms with E-state index in [0.717, 1.165) is 18.9 Å². The Hall–Kier alpha value is -2.61. The number of amides is 2. The van der Waals surface area contributed by atoms with Gasteiger partial charge in [-0.15, -0.1) is 0 Å². The van der Waals surface area contributed by atoms with Crippen molar-refractivity contribution in [1.82, 2.24) is 5.32 Å². The summed E-state index contributed by atoms with van der Waals surface area (Å²) in [5, 5.41) is 5.44. The summed E-state index contributed by atoms with van der Waals surface area (Å²) in [5.41, 5.74) is 0.799. The Morgan fingerprint density at radius 1 is 1.00 bits per heavy atom. The smallest absolute Gasteiger partial charge is 0.319 e. The zero-order valence-corrected chi connectivity index (χ0v) is 13.4. The summed E-state index contributed by atoms with van der Waals surface area (Å²) in [6, 6.07) is 11.2. The first-order valence-electron chi connectivity index (χ1n) is 7.39. The molecule has 0 spiro atoms. The number of nitrogens with one attached hydrogen (secondary N) is 3. The standard InChI is InChI=1S/C16H16FN3O3S/c17-14-3-1-2-4-15(14)24(22,23)20-13-9-7-12(8-10-13)19-16(21)18-11-5-6-11/h1-4,7-11,20H,5-6H2,(H2,18,19,21). The molecule has 1 aliphatic rings. The van der Waals surface area contributed by atoms with Crippen LogP contribution in [0.4, 0.5) is 20.6 Å². The molecule has 0 aromatic heterocycles. The molecule has 24 heavy (non-hydrogen) atoms. The molecule has 2 aromatic rings. The van der Waals surface area contributed by atoms with E-state index >= 15 is 0 Å². The van der Waals surface area contributed by atoms with Gasteiger partial charge in [0.05, 0.1) is 0 Å². The first-order valence-corrected chi connectivity index (χ1v) is 8.87. The lowest BCUT2D eigenvalue weighted by molar-refractivity contribution is 0.251. The van der Waals surface area contributed by atoms with E-state index in [9.17, 15) is 17.6 Å². The number of hydrogen-bond acceptors (Lipinski definition) is 3. The van der Waals surface area contributed by atoms with Gasteiger partial charge in [-0.3, -0.25) is 4.72 Å². The van der Waals surface area contributed by atoms with Crippen LogP contribution < -0.4 is 15.4 Å². The molecule has 0 heterocycles. The lowest BCUT2D eigenvalue weighted by Gasteiger charge is -2.10. The maximum atomic E-state index is 13.6. The van der Waals surface area contributed by atoms with Crippen LogP contribution in [0, 0.1) is 5.82 Å². The lowest BCUT2D eigenvalue weighted by atomic mass is 10.3. The van der Waals surface area contributed by atoms with Gasteiger partial charge < -0.3 is 10.6 Å². The van der Waals surface area contributed by atoms with Crippen LogP contribution in [0.2, 0.25) is 0 Å². The van der Waals surface area contributed by atoms with E-state index in [2.05, 4.69) is 15.4 Å². The van der Waals surface area contributed by atoms with Crippen LogP contribution in [0.3, 0.4) is 0 Å². The van der Waals surface area contributed by atoms with E-state index in [0.29, 0.717) is 5.69 Å². The topological polar surface area (TPSA) is 87.3 Å². The number of halogens is 1. The van der Waals surface area contributed by atoms with Crippen LogP contribution in [0.5, 0.6) is 0 Å². The van der Waals surface area contributed by atoms with Crippen LogP contribution in [0.1, 0.15) is 12.8 Å². The van der Waals surface area contributed by atoms with Crippen LogP contribution in [0.25, 0.3) is 0 Å². The number of anilines is 2. The maximum Gasteiger partial charge on any atom is 0.319 e. The molecule has 1 aliphatic carbocycles. The number of carbonyl (C=O) groups is 1. The zero-order valence-electron chi connectivity index (χ0n) is 12.6. The van der Waals surface area contributed by atoms with Crippen molar-refractivity contribution in [3.8, 4) is 0 Å². The molecular weight excluding hydrogens is 333 g/mol. The van der Waals surface area contributed by atoms with Gasteiger partial charge in [0, 0.05) is 17.4 Å². The van der Waals surface area contributed by atoms with E-state index in [1.165, 1.54) is 30.3 Å². The summed E-state index contributed by atoms with van der Waals surface area (Å²) in [6.07, 6.45) is 1.98. The second-order valence-corrected chi connectivity index (χ2v) is 7.14. The zero-order chi connectivity index (χ0) is 17.2. The van der Waals surface area contributed by atoms with Gasteiger partial charge in [-0.25, -0.2) is 17.6 Å². The minimum Gasteiger partial charge on any atom is -0.335 e. The molecule has 0 unspecified atom stereocenters. The predicted molar refractivity (Wildman–Crippen MR) is 88.8 cm³/mol. The summed E-state index contributed by atoms with van der Waals surface area (Å²) in [6.45, 7) is 0. The van der Waals surface area contributed by atoms with Crippen molar-refractivity contribution in [2.45, 2.75) is 23.8 Å². The van der Waals surface area contributed by atoms with Gasteiger partial charge in [0.15, 0.2) is 0 Å². The van der Waals surface area contributed by atoms with Crippen LogP contribution in [-0.2, 0) is 10.0 Å². The molecule has 126 valence electrons. The van der Waals surface area contributed by atoms with Crippen molar-refractivity contribution in [2.75, 3.05) is 10.0 Å². The van der Waals surface area contributed by atoms with Gasteiger partial charge >= 0.3 is 6.03 Å². The van der Waals surface area contributed by atoms with Crippen LogP contribution in [0.15, 0.2) is 53.4 Å². The highest BCUT2D eigenvalue weighted by atomic mass is 32.2. The summed E-state index contributed by atoms with van der Waals surface area (Å²) in [5.74, 6) is -0.819. The Bertz CT molecular complexity index is 849. The number of carbonyl (C=O) groups excluding carboxylic acids is 1. The largest absolute Gasteiger partial charge is 0.335 e. The monoisotopic (exact) mass is 349 g/mol. The average molecular weight is 349 g/mol. The normalized spacial score (nSPS) is 14.0. The van der Waals surface area contributed by atoms with E-state index < -0.39 is 20.7 Å². The summed E-state index contributed by atoms with van der Waals surface area (Å²) >= 11 is 0. The molecule has 0 radical (unpaired) electrons. The van der Waals surface area contributed by atoms with Gasteiger partial charge in [-0.1, -0.05) is 12.1 Å². The highest BCUT2D eigenvalue weighted by Gasteiger charge is 2.23. The number of rotatable bonds is 5. The van der Waals surface area contributed by atoms with E-state index in [-0.39, 0.29) is 17.8 Å². The van der Waals surface area contributed by atoms with Crippen molar-refractivity contribution < 1.29 is 17.6 Å². The van der Waals surface area contributed by atoms with E-state index in [1.54, 1.807) is 12.1 Å². The molecule has 8 heteroatoms. The third-order valence-corrected chi connectivity index (χ3v) is 4.85. The minimum atomic E-state index is -4.01. The van der Waals surface area contributed by atoms with Gasteiger partial charge in [-0.05, 0) is 49.2 Å². The molecule has 6 nitrogen and oxygen atoms in total. The summed E-state index contributed by atoms with van der Waals surface area (Å²) in [7, 11) is -4.01. The minimum absolute atomic E-state index is 0.247. The second kappa shape index (κ2) is 6.48. The number of benzene rings is 2. The van der Waals surface area contributed by atoms with Gasteiger partial charge in [0.2, 0.25) is 0 Å². The quantitative estimate of drug-likeness (QED) is 0.776. The highest BCUT2D eigenvalue weighted by molar-refractivity contribution is 7.92. The fourth-order valence-electron chi connectivity index (χ4n) is 2.07. The van der Waals surface area contributed by atoms with Crippen molar-refractivity contribution in [2.24, 2.45) is 0 Å². The number of urea groups is 1. The maximum absolute atomic E-state index is 13.6. The number of hydrogen-bond donors (Lipinski definition) is 3. The molecule has 0 atom stereocenters. The first kappa shape index (κ1) is 16.3. The Labute approximate surface area is 139 Å². The molecule has 0 saturated heterocycles. The van der Waals surface area contributed by atoms with Crippen molar-refractivity contribution in [3.63, 3.8) is 0 Å². The molecule has 2 aromatic carbocycles. The summed E-state index contributed by atoms with van der Waals surface area (Å²) < 4.78 is 40.3. The Balaban J connectivity index is 1.67. The van der Waals surface area contributed by atoms with E-state index in [4.69, 9.17) is 0 Å². The number of sulfonamides is 1. The molecule has 3 N–H and O–H groups in total. The Kier molecular flexibility index (Phi) is 4.39. The molecule has 0 aliphatic heterocycles. The third-order valence-electron chi connectivity index (χ3n) is 3.43. The fourth-order valence-corrected chi connectivity index (χ4v) is 3.21. The fraction of sp³-hybridized carbons (Fsp3) is 0.188. The lowest BCUT2D eigenvalue weighted by Crippen LogP contribution is -2.30. The second-order valence-electron chi connectivity index (χ2n) is 5.49. The van der Waals surface area contributed by atoms with Gasteiger partial charge in [0.25, 0.3) is 10.0 Å². The van der Waals surface area contributed by atoms with Crippen molar-refractivity contribution in [3.05, 3.63) is 54.3 Å². The molecule has 3 rings (SSSR count). The van der Waals surface area contributed by atoms with Crippen LogP contribution in [-0.4, -0.2) is 20.5 Å². The SMILES string of the molecule is O=C(Nc1ccc(NS(=O)(=O)c2ccccc2F)cc1)NC1CC1. The van der Waals surface area contributed by atoms with Crippen molar-refractivity contribution >= 4 is 27.4 Å². The first-order chi connectivity index (χ1) is 11.4. The summed E-state index contributed by atoms with van der Waals surface area (Å²) in [4.78, 5) is 11.2. The molecule has 1 fully saturated rings. The third kappa shape index (κ3) is 4.02. The van der Waals surface area contributed by atoms with Crippen molar-refractivity contribution in [1.29, 1.82) is 0 Å². The molecular formula is C16H16FN3O3S. The Morgan fingerprint density at radius 3 is 2.25 bits per heavy atom.